The van der Waals surface area contributed by atoms with E-state index >= 15 is 0 Å². The summed E-state index contributed by atoms with van der Waals surface area (Å²) < 4.78 is 6.59. The summed E-state index contributed by atoms with van der Waals surface area (Å²) in [5.74, 6) is 1.05. The van der Waals surface area contributed by atoms with Crippen LogP contribution >= 0.6 is 0 Å². The van der Waals surface area contributed by atoms with E-state index in [0.717, 1.165) is 18.6 Å². The Kier molecular flexibility index (Phi) is 5.88. The summed E-state index contributed by atoms with van der Waals surface area (Å²) in [6, 6.07) is 7.10. The van der Waals surface area contributed by atoms with Crippen molar-refractivity contribution in [1.82, 2.24) is 9.78 Å². The van der Waals surface area contributed by atoms with Crippen LogP contribution < -0.4 is 15.4 Å². The molecule has 1 aromatic carbocycles. The van der Waals surface area contributed by atoms with Crippen molar-refractivity contribution in [2.75, 3.05) is 17.7 Å². The topological polar surface area (TPSA) is 85.2 Å². The molecule has 2 N–H and O–H groups in total. The second kappa shape index (κ2) is 8.51. The second-order valence-electron chi connectivity index (χ2n) is 6.61. The van der Waals surface area contributed by atoms with Gasteiger partial charge in [-0.05, 0) is 43.0 Å². The molecular weight excluding hydrogens is 332 g/mol. The van der Waals surface area contributed by atoms with Crippen molar-refractivity contribution in [2.24, 2.45) is 5.92 Å². The van der Waals surface area contributed by atoms with Crippen LogP contribution in [0.5, 0.6) is 5.75 Å². The van der Waals surface area contributed by atoms with E-state index in [1.165, 1.54) is 17.5 Å². The number of amides is 2. The average Bonchev–Trinajstić information content (AvgIpc) is 3.27. The number of aromatic nitrogens is 2. The first-order valence-corrected chi connectivity index (χ1v) is 8.88. The summed E-state index contributed by atoms with van der Waals surface area (Å²) in [6.45, 7) is 0.0739. The van der Waals surface area contributed by atoms with Crippen LogP contribution in [0.4, 0.5) is 11.4 Å². The summed E-state index contributed by atoms with van der Waals surface area (Å²) in [4.78, 5) is 24.2. The Labute approximate surface area is 152 Å². The first-order valence-electron chi connectivity index (χ1n) is 8.88. The molecule has 1 heterocycles. The van der Waals surface area contributed by atoms with Crippen molar-refractivity contribution >= 4 is 23.2 Å². The number of carbonyl (C=O) groups is 2. The van der Waals surface area contributed by atoms with Crippen LogP contribution in [0.15, 0.2) is 36.7 Å². The number of anilines is 2. The average molecular weight is 356 g/mol. The Morgan fingerprint density at radius 1 is 1.12 bits per heavy atom. The van der Waals surface area contributed by atoms with E-state index in [0.29, 0.717) is 23.7 Å². The van der Waals surface area contributed by atoms with Crippen LogP contribution in [0.2, 0.25) is 0 Å². The number of methoxy groups -OCH3 is 1. The molecule has 0 spiro atoms. The van der Waals surface area contributed by atoms with Gasteiger partial charge in [0.1, 0.15) is 12.3 Å². The van der Waals surface area contributed by atoms with Gasteiger partial charge >= 0.3 is 0 Å². The summed E-state index contributed by atoms with van der Waals surface area (Å²) in [6.07, 6.45) is 8.51. The van der Waals surface area contributed by atoms with Gasteiger partial charge in [0.15, 0.2) is 0 Å². The molecule has 26 heavy (non-hydrogen) atoms. The highest BCUT2D eigenvalue weighted by atomic mass is 16.5. The Hall–Kier alpha value is -2.83. The number of rotatable bonds is 7. The monoisotopic (exact) mass is 356 g/mol. The van der Waals surface area contributed by atoms with Gasteiger partial charge in [-0.15, -0.1) is 0 Å². The van der Waals surface area contributed by atoms with E-state index in [4.69, 9.17) is 4.74 Å². The van der Waals surface area contributed by atoms with Crippen molar-refractivity contribution in [1.29, 1.82) is 0 Å². The fourth-order valence-electron chi connectivity index (χ4n) is 3.23. The van der Waals surface area contributed by atoms with Crippen LogP contribution in [0.25, 0.3) is 0 Å². The van der Waals surface area contributed by atoms with Gasteiger partial charge in [-0.3, -0.25) is 14.3 Å². The van der Waals surface area contributed by atoms with Gasteiger partial charge in [-0.1, -0.05) is 12.8 Å². The molecule has 0 saturated heterocycles. The fourth-order valence-corrected chi connectivity index (χ4v) is 3.23. The lowest BCUT2D eigenvalue weighted by atomic mass is 10.0. The lowest BCUT2D eigenvalue weighted by Crippen LogP contribution is -2.19. The van der Waals surface area contributed by atoms with Crippen molar-refractivity contribution in [2.45, 2.75) is 38.6 Å². The third kappa shape index (κ3) is 5.08. The number of benzene rings is 1. The zero-order chi connectivity index (χ0) is 18.4. The predicted octanol–water partition coefficient (Wildman–Crippen LogP) is 3.05. The zero-order valence-electron chi connectivity index (χ0n) is 14.9. The quantitative estimate of drug-likeness (QED) is 0.798. The molecule has 0 unspecified atom stereocenters. The normalized spacial score (nSPS) is 14.2. The van der Waals surface area contributed by atoms with E-state index in [1.807, 2.05) is 0 Å². The molecule has 1 saturated carbocycles. The molecular formula is C19H24N4O3. The van der Waals surface area contributed by atoms with Gasteiger partial charge in [0, 0.05) is 18.3 Å². The number of hydrogen-bond donors (Lipinski definition) is 2. The Balaban J connectivity index is 1.47. The Morgan fingerprint density at radius 2 is 1.81 bits per heavy atom. The van der Waals surface area contributed by atoms with E-state index in [1.54, 1.807) is 43.8 Å². The largest absolute Gasteiger partial charge is 0.497 e. The summed E-state index contributed by atoms with van der Waals surface area (Å²) in [7, 11) is 1.59. The molecule has 3 rings (SSSR count). The smallest absolute Gasteiger partial charge is 0.246 e. The van der Waals surface area contributed by atoms with E-state index in [2.05, 4.69) is 15.7 Å². The van der Waals surface area contributed by atoms with Crippen molar-refractivity contribution in [3.63, 3.8) is 0 Å². The van der Waals surface area contributed by atoms with Gasteiger partial charge in [-0.25, -0.2) is 0 Å². The highest BCUT2D eigenvalue weighted by molar-refractivity contribution is 5.91. The fraction of sp³-hybridized carbons (Fsp3) is 0.421. The van der Waals surface area contributed by atoms with Gasteiger partial charge < -0.3 is 15.4 Å². The maximum atomic E-state index is 12.1. The maximum Gasteiger partial charge on any atom is 0.246 e. The molecule has 2 amide bonds. The zero-order valence-corrected chi connectivity index (χ0v) is 14.9. The summed E-state index contributed by atoms with van der Waals surface area (Å²) >= 11 is 0. The Morgan fingerprint density at radius 3 is 2.50 bits per heavy atom. The molecule has 1 aliphatic carbocycles. The third-order valence-electron chi connectivity index (χ3n) is 4.55. The molecule has 1 aromatic heterocycles. The van der Waals surface area contributed by atoms with Crippen molar-refractivity contribution in [3.8, 4) is 5.75 Å². The molecule has 1 aliphatic rings. The predicted molar refractivity (Wildman–Crippen MR) is 99.1 cm³/mol. The van der Waals surface area contributed by atoms with Crippen LogP contribution in [0, 0.1) is 5.92 Å². The van der Waals surface area contributed by atoms with Crippen LogP contribution in [0.3, 0.4) is 0 Å². The lowest BCUT2D eigenvalue weighted by molar-refractivity contribution is -0.117. The molecule has 0 aliphatic heterocycles. The van der Waals surface area contributed by atoms with Crippen molar-refractivity contribution < 1.29 is 14.3 Å². The minimum Gasteiger partial charge on any atom is -0.497 e. The minimum absolute atomic E-state index is 0.0131. The van der Waals surface area contributed by atoms with E-state index in [-0.39, 0.29) is 18.4 Å². The Bertz CT molecular complexity index is 748. The number of hydrogen-bond acceptors (Lipinski definition) is 4. The molecule has 7 heteroatoms. The van der Waals surface area contributed by atoms with Crippen molar-refractivity contribution in [3.05, 3.63) is 36.7 Å². The van der Waals surface area contributed by atoms with E-state index in [9.17, 15) is 9.59 Å². The summed E-state index contributed by atoms with van der Waals surface area (Å²) in [5, 5.41) is 9.79. The molecule has 0 bridgehead atoms. The molecule has 1 fully saturated rings. The van der Waals surface area contributed by atoms with Crippen LogP contribution in [-0.2, 0) is 16.1 Å². The van der Waals surface area contributed by atoms with Gasteiger partial charge in [0.05, 0.1) is 19.0 Å². The van der Waals surface area contributed by atoms with Gasteiger partial charge in [0.25, 0.3) is 0 Å². The second-order valence-corrected chi connectivity index (χ2v) is 6.61. The molecule has 138 valence electrons. The van der Waals surface area contributed by atoms with Crippen LogP contribution in [0.1, 0.15) is 32.1 Å². The number of nitrogens with zero attached hydrogens (tertiary/aromatic N) is 2. The standard InChI is InChI=1S/C19H24N4O3/c1-26-17-8-6-15(7-9-17)21-19(25)13-23-12-16(11-20-23)22-18(24)10-14-4-2-3-5-14/h6-9,11-12,14H,2-5,10,13H2,1H3,(H,21,25)(H,22,24). The third-order valence-corrected chi connectivity index (χ3v) is 4.55. The van der Waals surface area contributed by atoms with Gasteiger partial charge in [0.2, 0.25) is 11.8 Å². The maximum absolute atomic E-state index is 12.1. The van der Waals surface area contributed by atoms with Gasteiger partial charge in [-0.2, -0.15) is 5.10 Å². The molecule has 2 aromatic rings. The first-order chi connectivity index (χ1) is 12.6. The number of nitrogens with one attached hydrogen (secondary N) is 2. The molecule has 7 nitrogen and oxygen atoms in total. The minimum atomic E-state index is -0.193. The highest BCUT2D eigenvalue weighted by Gasteiger charge is 2.18. The molecule has 0 radical (unpaired) electrons. The number of ether oxygens (including phenoxy) is 1. The SMILES string of the molecule is COc1ccc(NC(=O)Cn2cc(NC(=O)CC3CCCC3)cn2)cc1. The lowest BCUT2D eigenvalue weighted by Gasteiger charge is -2.08. The number of carbonyl (C=O) groups excluding carboxylic acids is 2. The van der Waals surface area contributed by atoms with E-state index < -0.39 is 0 Å². The van der Waals surface area contributed by atoms with Crippen LogP contribution in [-0.4, -0.2) is 28.7 Å². The molecule has 0 atom stereocenters. The highest BCUT2D eigenvalue weighted by Crippen LogP contribution is 2.27. The summed E-state index contributed by atoms with van der Waals surface area (Å²) in [5.41, 5.74) is 1.30. The first kappa shape index (κ1) is 18.0.